The second-order valence-corrected chi connectivity index (χ2v) is 8.48. The molecule has 2 aliphatic heterocycles. The Morgan fingerprint density at radius 1 is 1.17 bits per heavy atom. The van der Waals surface area contributed by atoms with Crippen molar-refractivity contribution in [3.8, 4) is 0 Å². The lowest BCUT2D eigenvalue weighted by Crippen LogP contribution is -2.39. The number of hydrogen-bond donors (Lipinski definition) is 3. The van der Waals surface area contributed by atoms with Crippen LogP contribution in [-0.4, -0.2) is 63.8 Å². The Balaban J connectivity index is 0.000000438. The largest absolute Gasteiger partial charge is 0.473 e. The maximum Gasteiger partial charge on any atom is 0.414 e. The van der Waals surface area contributed by atoms with E-state index in [0.717, 1.165) is 23.8 Å². The Hall–Kier alpha value is -1.68. The lowest BCUT2D eigenvalue weighted by Gasteiger charge is -2.28. The molecule has 0 aliphatic carbocycles. The van der Waals surface area contributed by atoms with Crippen LogP contribution in [0.25, 0.3) is 0 Å². The summed E-state index contributed by atoms with van der Waals surface area (Å²) in [4.78, 5) is 25.4. The van der Waals surface area contributed by atoms with E-state index in [0.29, 0.717) is 10.0 Å². The molecule has 0 bridgehead atoms. The van der Waals surface area contributed by atoms with Crippen molar-refractivity contribution in [3.63, 3.8) is 0 Å². The average molecular weight is 463 g/mol. The van der Waals surface area contributed by atoms with Crippen LogP contribution in [0.2, 0.25) is 10.0 Å². The average Bonchev–Trinajstić information content (AvgIpc) is 3.06. The van der Waals surface area contributed by atoms with E-state index < -0.39 is 11.9 Å². The lowest BCUT2D eigenvalue weighted by molar-refractivity contribution is -0.159. The number of aliphatic carboxylic acids is 2. The zero-order chi connectivity index (χ0) is 21.4. The van der Waals surface area contributed by atoms with Crippen LogP contribution >= 0.6 is 35.0 Å². The van der Waals surface area contributed by atoms with Crippen LogP contribution in [0.4, 0.5) is 5.69 Å². The number of carboxylic acid groups (broad SMARTS) is 2. The number of nitrogens with one attached hydrogen (secondary N) is 1. The topological polar surface area (TPSA) is 105 Å². The van der Waals surface area contributed by atoms with Crippen molar-refractivity contribution in [2.24, 2.45) is 4.99 Å². The van der Waals surface area contributed by atoms with Gasteiger partial charge >= 0.3 is 11.9 Å². The molecule has 0 aromatic heterocycles. The fourth-order valence-corrected chi connectivity index (χ4v) is 4.31. The van der Waals surface area contributed by atoms with Crippen molar-refractivity contribution < 1.29 is 19.8 Å². The van der Waals surface area contributed by atoms with Gasteiger partial charge in [0.15, 0.2) is 5.50 Å². The predicted octanol–water partition coefficient (Wildman–Crippen LogP) is 3.39. The van der Waals surface area contributed by atoms with Gasteiger partial charge < -0.3 is 15.1 Å². The van der Waals surface area contributed by atoms with Crippen LogP contribution in [-0.2, 0) is 9.59 Å². The number of thioether (sulfide) groups is 1. The van der Waals surface area contributed by atoms with Crippen LogP contribution in [0.5, 0.6) is 0 Å². The summed E-state index contributed by atoms with van der Waals surface area (Å²) in [6.45, 7) is 5.59. The number of amidine groups is 1. The molecule has 0 saturated carbocycles. The van der Waals surface area contributed by atoms with Crippen molar-refractivity contribution in [3.05, 3.63) is 28.2 Å². The number of piperidine rings is 1. The molecule has 1 aromatic carbocycles. The van der Waals surface area contributed by atoms with E-state index >= 15 is 0 Å². The molecule has 11 heteroatoms. The summed E-state index contributed by atoms with van der Waals surface area (Å²) in [5.74, 6) is -1.66. The van der Waals surface area contributed by atoms with Crippen molar-refractivity contribution in [2.45, 2.75) is 31.7 Å². The Morgan fingerprint density at radius 2 is 1.83 bits per heavy atom. The summed E-state index contributed by atoms with van der Waals surface area (Å²) in [6, 6.07) is 5.67. The molecule has 3 rings (SSSR count). The van der Waals surface area contributed by atoms with Crippen molar-refractivity contribution >= 4 is 58.4 Å². The fraction of sp³-hybridized carbons (Fsp3) is 0.500. The molecule has 1 aromatic rings. The van der Waals surface area contributed by atoms with Gasteiger partial charge in [0, 0.05) is 12.3 Å². The van der Waals surface area contributed by atoms with Gasteiger partial charge in [0.2, 0.25) is 0 Å². The van der Waals surface area contributed by atoms with Gasteiger partial charge in [0.05, 0.1) is 15.7 Å². The molecule has 1 saturated heterocycles. The molecule has 2 heterocycles. The highest BCUT2D eigenvalue weighted by atomic mass is 35.5. The number of carboxylic acids is 2. The second kappa shape index (κ2) is 11.5. The summed E-state index contributed by atoms with van der Waals surface area (Å²) >= 11 is 14.0. The highest BCUT2D eigenvalue weighted by Gasteiger charge is 2.25. The first-order valence-corrected chi connectivity index (χ1v) is 10.9. The summed E-state index contributed by atoms with van der Waals surface area (Å²) in [5, 5.41) is 18.0. The Labute approximate surface area is 183 Å². The highest BCUT2D eigenvalue weighted by molar-refractivity contribution is 8.00. The summed E-state index contributed by atoms with van der Waals surface area (Å²) < 4.78 is 0. The van der Waals surface area contributed by atoms with Gasteiger partial charge in [-0.15, -0.1) is 11.8 Å². The third-order valence-electron chi connectivity index (χ3n) is 4.29. The SMILES string of the molecule is CC1=NC(SCCN2CCCCC2)N(c2ccc(Cl)c(Cl)c2)N1.O=C(O)C(=O)O. The number of anilines is 1. The molecule has 0 amide bonds. The quantitative estimate of drug-likeness (QED) is 0.571. The number of benzene rings is 1. The molecule has 1 fully saturated rings. The van der Waals surface area contributed by atoms with Gasteiger partial charge in [-0.3, -0.25) is 10.4 Å². The van der Waals surface area contributed by atoms with Crippen LogP contribution in [0.1, 0.15) is 26.2 Å². The molecular weight excluding hydrogens is 439 g/mol. The number of aliphatic imine (C=N–C) groups is 1. The van der Waals surface area contributed by atoms with Crippen LogP contribution < -0.4 is 10.4 Å². The number of carbonyl (C=O) groups is 2. The number of hydrazine groups is 1. The summed E-state index contributed by atoms with van der Waals surface area (Å²) in [6.07, 6.45) is 4.05. The molecule has 29 heavy (non-hydrogen) atoms. The van der Waals surface area contributed by atoms with E-state index in [-0.39, 0.29) is 5.50 Å². The predicted molar refractivity (Wildman–Crippen MR) is 117 cm³/mol. The van der Waals surface area contributed by atoms with Crippen LogP contribution in [0.3, 0.4) is 0 Å². The third kappa shape index (κ3) is 7.58. The first-order chi connectivity index (χ1) is 13.8. The number of halogens is 2. The smallest absolute Gasteiger partial charge is 0.414 e. The molecule has 1 atom stereocenters. The highest BCUT2D eigenvalue weighted by Crippen LogP contribution is 2.31. The first kappa shape index (κ1) is 23.6. The standard InChI is InChI=1S/C16H22Cl2N4S.C2H2O4/c1-12-19-16(23-10-9-21-7-3-2-4-8-21)22(20-12)13-5-6-14(17)15(18)11-13;3-1(4)2(5)6/h5-6,11,16H,2-4,7-10H2,1H3,(H,19,20);(H,3,4)(H,5,6). The lowest BCUT2D eigenvalue weighted by atomic mass is 10.1. The molecule has 2 aliphatic rings. The van der Waals surface area contributed by atoms with E-state index in [2.05, 4.69) is 20.3 Å². The normalized spacial score (nSPS) is 19.1. The zero-order valence-electron chi connectivity index (χ0n) is 16.0. The van der Waals surface area contributed by atoms with Gasteiger partial charge in [0.1, 0.15) is 5.84 Å². The summed E-state index contributed by atoms with van der Waals surface area (Å²) in [7, 11) is 0. The van der Waals surface area contributed by atoms with E-state index in [4.69, 9.17) is 43.0 Å². The fourth-order valence-electron chi connectivity index (χ4n) is 2.89. The van der Waals surface area contributed by atoms with Gasteiger partial charge in [-0.1, -0.05) is 29.6 Å². The maximum absolute atomic E-state index is 9.10. The molecule has 8 nitrogen and oxygen atoms in total. The van der Waals surface area contributed by atoms with Gasteiger partial charge in [0.25, 0.3) is 0 Å². The second-order valence-electron chi connectivity index (χ2n) is 6.50. The minimum absolute atomic E-state index is 0.0389. The monoisotopic (exact) mass is 462 g/mol. The first-order valence-electron chi connectivity index (χ1n) is 9.13. The minimum atomic E-state index is -1.82. The van der Waals surface area contributed by atoms with Crippen molar-refractivity contribution in [1.82, 2.24) is 10.3 Å². The van der Waals surface area contributed by atoms with Gasteiger partial charge in [-0.2, -0.15) is 0 Å². The van der Waals surface area contributed by atoms with E-state index in [1.54, 1.807) is 0 Å². The Morgan fingerprint density at radius 3 is 2.41 bits per heavy atom. The molecule has 3 N–H and O–H groups in total. The molecule has 1 unspecified atom stereocenters. The number of hydrogen-bond acceptors (Lipinski definition) is 7. The van der Waals surface area contributed by atoms with Crippen LogP contribution in [0.15, 0.2) is 23.2 Å². The van der Waals surface area contributed by atoms with E-state index in [1.807, 2.05) is 36.9 Å². The molecular formula is C18H24Cl2N4O4S. The van der Waals surface area contributed by atoms with Crippen molar-refractivity contribution in [2.75, 3.05) is 30.4 Å². The molecule has 160 valence electrons. The molecule has 0 spiro atoms. The zero-order valence-corrected chi connectivity index (χ0v) is 18.3. The van der Waals surface area contributed by atoms with E-state index in [1.165, 1.54) is 32.4 Å². The van der Waals surface area contributed by atoms with Gasteiger partial charge in [-0.25, -0.2) is 14.6 Å². The third-order valence-corrected chi connectivity index (χ3v) is 6.07. The van der Waals surface area contributed by atoms with Crippen molar-refractivity contribution in [1.29, 1.82) is 0 Å². The number of rotatable bonds is 5. The Kier molecular flexibility index (Phi) is 9.35. The number of nitrogens with zero attached hydrogens (tertiary/aromatic N) is 3. The Bertz CT molecular complexity index is 747. The molecule has 0 radical (unpaired) electrons. The van der Waals surface area contributed by atoms with Crippen LogP contribution in [0, 0.1) is 0 Å². The minimum Gasteiger partial charge on any atom is -0.473 e. The van der Waals surface area contributed by atoms with Gasteiger partial charge in [-0.05, 0) is 51.1 Å². The van der Waals surface area contributed by atoms with E-state index in [9.17, 15) is 0 Å². The maximum atomic E-state index is 9.10. The number of likely N-dealkylation sites (tertiary alicyclic amines) is 1. The summed E-state index contributed by atoms with van der Waals surface area (Å²) in [5.41, 5.74) is 4.32.